The molecule has 2 atom stereocenters. The van der Waals surface area contributed by atoms with Crippen LogP contribution < -0.4 is 0 Å². The molecule has 0 spiro atoms. The summed E-state index contributed by atoms with van der Waals surface area (Å²) in [5.41, 5.74) is 0. The van der Waals surface area contributed by atoms with Gasteiger partial charge in [0.1, 0.15) is 0 Å². The summed E-state index contributed by atoms with van der Waals surface area (Å²) in [5.74, 6) is -1.12. The molecule has 154 valence electrons. The zero-order valence-corrected chi connectivity index (χ0v) is 17.7. The lowest BCUT2D eigenvalue weighted by molar-refractivity contribution is -0.161. The van der Waals surface area contributed by atoms with Crippen molar-refractivity contribution >= 4 is 11.9 Å². The van der Waals surface area contributed by atoms with Crippen molar-refractivity contribution in [1.82, 2.24) is 0 Å². The lowest BCUT2D eigenvalue weighted by atomic mass is 9.84. The SMILES string of the molecule is CCCCCC(C(=O)OCCCC)C(CCCCC)C(=O)OCCCC. The van der Waals surface area contributed by atoms with Gasteiger partial charge in [0.15, 0.2) is 0 Å². The van der Waals surface area contributed by atoms with Gasteiger partial charge in [0.2, 0.25) is 0 Å². The van der Waals surface area contributed by atoms with Gasteiger partial charge in [-0.25, -0.2) is 0 Å². The number of hydrogen-bond donors (Lipinski definition) is 0. The zero-order chi connectivity index (χ0) is 19.6. The second kappa shape index (κ2) is 17.4. The highest BCUT2D eigenvalue weighted by Crippen LogP contribution is 2.27. The molecular weight excluding hydrogens is 328 g/mol. The van der Waals surface area contributed by atoms with Crippen molar-refractivity contribution < 1.29 is 19.1 Å². The largest absolute Gasteiger partial charge is 0.465 e. The predicted octanol–water partition coefficient (Wildman–Crippen LogP) is 6.07. The molecule has 4 heteroatoms. The molecule has 0 fully saturated rings. The van der Waals surface area contributed by atoms with Crippen LogP contribution in [-0.4, -0.2) is 25.2 Å². The Morgan fingerprint density at radius 3 is 1.23 bits per heavy atom. The van der Waals surface area contributed by atoms with Crippen LogP contribution in [0.2, 0.25) is 0 Å². The molecule has 0 radical (unpaired) electrons. The van der Waals surface area contributed by atoms with Gasteiger partial charge >= 0.3 is 11.9 Å². The quantitative estimate of drug-likeness (QED) is 0.230. The van der Waals surface area contributed by atoms with Crippen LogP contribution in [-0.2, 0) is 19.1 Å². The van der Waals surface area contributed by atoms with Gasteiger partial charge in [0.05, 0.1) is 25.0 Å². The first-order valence-corrected chi connectivity index (χ1v) is 10.9. The van der Waals surface area contributed by atoms with Crippen molar-refractivity contribution in [1.29, 1.82) is 0 Å². The first-order chi connectivity index (χ1) is 12.6. The van der Waals surface area contributed by atoms with E-state index in [9.17, 15) is 9.59 Å². The third kappa shape index (κ3) is 11.5. The fourth-order valence-electron chi connectivity index (χ4n) is 3.04. The summed E-state index contributed by atoms with van der Waals surface area (Å²) in [4.78, 5) is 25.4. The average Bonchev–Trinajstić information content (AvgIpc) is 2.63. The minimum absolute atomic E-state index is 0.205. The lowest BCUT2D eigenvalue weighted by Crippen LogP contribution is -2.33. The Balaban J connectivity index is 5.03. The van der Waals surface area contributed by atoms with Crippen LogP contribution in [0.1, 0.15) is 105 Å². The second-order valence-corrected chi connectivity index (χ2v) is 7.25. The normalized spacial score (nSPS) is 13.2. The summed E-state index contributed by atoms with van der Waals surface area (Å²) in [6, 6.07) is 0. The van der Waals surface area contributed by atoms with Gasteiger partial charge < -0.3 is 9.47 Å². The van der Waals surface area contributed by atoms with Crippen molar-refractivity contribution in [2.75, 3.05) is 13.2 Å². The molecule has 0 saturated heterocycles. The number of hydrogen-bond acceptors (Lipinski definition) is 4. The smallest absolute Gasteiger partial charge is 0.309 e. The van der Waals surface area contributed by atoms with E-state index in [4.69, 9.17) is 9.47 Å². The Kier molecular flexibility index (Phi) is 16.7. The third-order valence-corrected chi connectivity index (χ3v) is 4.81. The van der Waals surface area contributed by atoms with Gasteiger partial charge in [0.25, 0.3) is 0 Å². The molecule has 2 unspecified atom stereocenters. The van der Waals surface area contributed by atoms with Crippen LogP contribution in [0.25, 0.3) is 0 Å². The molecule has 0 bridgehead atoms. The molecule has 0 aliphatic rings. The predicted molar refractivity (Wildman–Crippen MR) is 107 cm³/mol. The summed E-state index contributed by atoms with van der Waals surface area (Å²) in [6.07, 6.45) is 11.4. The second-order valence-electron chi connectivity index (χ2n) is 7.25. The van der Waals surface area contributed by atoms with Gasteiger partial charge in [-0.3, -0.25) is 9.59 Å². The standard InChI is InChI=1S/C22H42O4/c1-5-9-13-15-19(21(23)25-17-11-7-3)20(16-14-10-6-2)22(24)26-18-12-8-4/h19-20H,5-18H2,1-4H3. The third-order valence-electron chi connectivity index (χ3n) is 4.81. The maximum atomic E-state index is 12.7. The van der Waals surface area contributed by atoms with Crippen molar-refractivity contribution in [2.45, 2.75) is 105 Å². The van der Waals surface area contributed by atoms with Crippen LogP contribution in [0.4, 0.5) is 0 Å². The van der Waals surface area contributed by atoms with Crippen molar-refractivity contribution in [3.05, 3.63) is 0 Å². The van der Waals surface area contributed by atoms with Gasteiger partial charge in [-0.05, 0) is 25.7 Å². The lowest BCUT2D eigenvalue weighted by Gasteiger charge is -2.24. The maximum absolute atomic E-state index is 12.7. The molecule has 0 saturated carbocycles. The summed E-state index contributed by atoms with van der Waals surface area (Å²) in [5, 5.41) is 0. The molecule has 0 rings (SSSR count). The Morgan fingerprint density at radius 2 is 0.923 bits per heavy atom. The van der Waals surface area contributed by atoms with Crippen LogP contribution in [0.5, 0.6) is 0 Å². The summed E-state index contributed by atoms with van der Waals surface area (Å²) < 4.78 is 11.0. The Hall–Kier alpha value is -1.06. The van der Waals surface area contributed by atoms with Crippen LogP contribution in [0.15, 0.2) is 0 Å². The van der Waals surface area contributed by atoms with E-state index in [-0.39, 0.29) is 23.8 Å². The highest BCUT2D eigenvalue weighted by atomic mass is 16.5. The minimum atomic E-state index is -0.357. The first-order valence-electron chi connectivity index (χ1n) is 10.9. The Labute approximate surface area is 161 Å². The molecule has 0 aromatic carbocycles. The number of esters is 2. The molecule has 0 N–H and O–H groups in total. The summed E-state index contributed by atoms with van der Waals surface area (Å²) in [6.45, 7) is 9.34. The zero-order valence-electron chi connectivity index (χ0n) is 17.7. The Morgan fingerprint density at radius 1 is 0.577 bits per heavy atom. The van der Waals surface area contributed by atoms with E-state index in [0.717, 1.165) is 77.0 Å². The number of ether oxygens (including phenoxy) is 2. The van der Waals surface area contributed by atoms with E-state index in [1.807, 2.05) is 0 Å². The van der Waals surface area contributed by atoms with Gasteiger partial charge in [-0.1, -0.05) is 79.1 Å². The van der Waals surface area contributed by atoms with E-state index in [1.165, 1.54) is 0 Å². The maximum Gasteiger partial charge on any atom is 0.309 e. The highest BCUT2D eigenvalue weighted by molar-refractivity contribution is 5.82. The molecule has 0 aromatic heterocycles. The molecule has 26 heavy (non-hydrogen) atoms. The van der Waals surface area contributed by atoms with E-state index < -0.39 is 0 Å². The van der Waals surface area contributed by atoms with E-state index >= 15 is 0 Å². The molecule has 4 nitrogen and oxygen atoms in total. The number of rotatable bonds is 17. The molecule has 0 aromatic rings. The summed E-state index contributed by atoms with van der Waals surface area (Å²) in [7, 11) is 0. The number of unbranched alkanes of at least 4 members (excludes halogenated alkanes) is 6. The number of carbonyl (C=O) groups excluding carboxylic acids is 2. The van der Waals surface area contributed by atoms with Crippen LogP contribution >= 0.6 is 0 Å². The molecular formula is C22H42O4. The Bertz CT molecular complexity index is 320. The molecule has 0 aliphatic heterocycles. The molecule has 0 heterocycles. The van der Waals surface area contributed by atoms with Crippen LogP contribution in [0.3, 0.4) is 0 Å². The van der Waals surface area contributed by atoms with Gasteiger partial charge in [-0.15, -0.1) is 0 Å². The summed E-state index contributed by atoms with van der Waals surface area (Å²) >= 11 is 0. The fourth-order valence-corrected chi connectivity index (χ4v) is 3.04. The van der Waals surface area contributed by atoms with Crippen molar-refractivity contribution in [3.63, 3.8) is 0 Å². The van der Waals surface area contributed by atoms with Crippen molar-refractivity contribution in [3.8, 4) is 0 Å². The van der Waals surface area contributed by atoms with Crippen LogP contribution in [0, 0.1) is 11.8 Å². The minimum Gasteiger partial charge on any atom is -0.465 e. The monoisotopic (exact) mass is 370 g/mol. The first kappa shape index (κ1) is 24.9. The molecule has 0 aliphatic carbocycles. The van der Waals surface area contributed by atoms with Gasteiger partial charge in [0, 0.05) is 0 Å². The van der Waals surface area contributed by atoms with Crippen molar-refractivity contribution in [2.24, 2.45) is 11.8 Å². The van der Waals surface area contributed by atoms with E-state index in [1.54, 1.807) is 0 Å². The number of carbonyl (C=O) groups is 2. The topological polar surface area (TPSA) is 52.6 Å². The van der Waals surface area contributed by atoms with E-state index in [0.29, 0.717) is 13.2 Å². The molecule has 0 amide bonds. The highest BCUT2D eigenvalue weighted by Gasteiger charge is 2.35. The van der Waals surface area contributed by atoms with Gasteiger partial charge in [-0.2, -0.15) is 0 Å². The van der Waals surface area contributed by atoms with E-state index in [2.05, 4.69) is 27.7 Å². The fraction of sp³-hybridized carbons (Fsp3) is 0.909. The average molecular weight is 371 g/mol.